The molecule has 0 aromatic heterocycles. The third-order valence-corrected chi connectivity index (χ3v) is 4.55. The van der Waals surface area contributed by atoms with Crippen LogP contribution in [-0.2, 0) is 11.2 Å². The van der Waals surface area contributed by atoms with E-state index in [0.717, 1.165) is 33.5 Å². The van der Waals surface area contributed by atoms with Crippen molar-refractivity contribution in [2.24, 2.45) is 0 Å². The van der Waals surface area contributed by atoms with Crippen LogP contribution in [0.3, 0.4) is 0 Å². The van der Waals surface area contributed by atoms with Crippen molar-refractivity contribution in [3.05, 3.63) is 57.6 Å². The maximum Gasteiger partial charge on any atom is 0.251 e. The number of benzene rings is 2. The van der Waals surface area contributed by atoms with Crippen molar-refractivity contribution in [1.29, 1.82) is 0 Å². The minimum Gasteiger partial charge on any atom is -0.492 e. The number of amides is 2. The van der Waals surface area contributed by atoms with Crippen LogP contribution in [0.2, 0.25) is 0 Å². The molecule has 2 amide bonds. The highest BCUT2D eigenvalue weighted by atomic mass is 79.9. The van der Waals surface area contributed by atoms with E-state index in [9.17, 15) is 9.59 Å². The summed E-state index contributed by atoms with van der Waals surface area (Å²) in [4.78, 5) is 23.5. The van der Waals surface area contributed by atoms with Crippen molar-refractivity contribution < 1.29 is 14.3 Å². The molecule has 0 bridgehead atoms. The first-order chi connectivity index (χ1) is 12.0. The van der Waals surface area contributed by atoms with Crippen LogP contribution in [0, 0.1) is 6.92 Å². The SMILES string of the molecule is Cc1cc(Br)ccc1C(=O)NCCOc1ccc2c(c1)CCC(=O)N2. The molecule has 0 saturated carbocycles. The number of carbonyl (C=O) groups is 2. The predicted molar refractivity (Wildman–Crippen MR) is 100 cm³/mol. The van der Waals surface area contributed by atoms with Crippen molar-refractivity contribution >= 4 is 33.4 Å². The Labute approximate surface area is 154 Å². The van der Waals surface area contributed by atoms with Gasteiger partial charge in [-0.1, -0.05) is 15.9 Å². The van der Waals surface area contributed by atoms with E-state index in [1.54, 1.807) is 6.07 Å². The molecule has 5 nitrogen and oxygen atoms in total. The van der Waals surface area contributed by atoms with Crippen LogP contribution < -0.4 is 15.4 Å². The van der Waals surface area contributed by atoms with Crippen LogP contribution in [0.15, 0.2) is 40.9 Å². The van der Waals surface area contributed by atoms with Crippen molar-refractivity contribution in [3.63, 3.8) is 0 Å². The maximum atomic E-state index is 12.2. The van der Waals surface area contributed by atoms with E-state index < -0.39 is 0 Å². The first kappa shape index (κ1) is 17.5. The Morgan fingerprint density at radius 2 is 2.08 bits per heavy atom. The van der Waals surface area contributed by atoms with E-state index in [1.165, 1.54) is 0 Å². The van der Waals surface area contributed by atoms with Gasteiger partial charge in [-0.2, -0.15) is 0 Å². The van der Waals surface area contributed by atoms with Crippen LogP contribution in [0.1, 0.15) is 27.9 Å². The summed E-state index contributed by atoms with van der Waals surface area (Å²) in [7, 11) is 0. The van der Waals surface area contributed by atoms with Crippen LogP contribution >= 0.6 is 15.9 Å². The lowest BCUT2D eigenvalue weighted by molar-refractivity contribution is -0.116. The minimum atomic E-state index is -0.109. The Hall–Kier alpha value is -2.34. The lowest BCUT2D eigenvalue weighted by atomic mass is 10.0. The molecule has 0 unspecified atom stereocenters. The average molecular weight is 403 g/mol. The Morgan fingerprint density at radius 1 is 1.24 bits per heavy atom. The van der Waals surface area contributed by atoms with Gasteiger partial charge in [0.05, 0.1) is 6.54 Å². The quantitative estimate of drug-likeness (QED) is 0.752. The van der Waals surface area contributed by atoms with Gasteiger partial charge in [-0.25, -0.2) is 0 Å². The Kier molecular flexibility index (Phi) is 5.38. The van der Waals surface area contributed by atoms with E-state index in [0.29, 0.717) is 25.1 Å². The van der Waals surface area contributed by atoms with E-state index in [1.807, 2.05) is 37.3 Å². The van der Waals surface area contributed by atoms with E-state index in [-0.39, 0.29) is 11.8 Å². The number of halogens is 1. The van der Waals surface area contributed by atoms with Gasteiger partial charge in [0, 0.05) is 22.1 Å². The number of nitrogens with one attached hydrogen (secondary N) is 2. The van der Waals surface area contributed by atoms with Crippen LogP contribution in [0.25, 0.3) is 0 Å². The monoisotopic (exact) mass is 402 g/mol. The van der Waals surface area contributed by atoms with Crippen LogP contribution in [0.5, 0.6) is 5.75 Å². The zero-order valence-corrected chi connectivity index (χ0v) is 15.5. The van der Waals surface area contributed by atoms with Crippen molar-refractivity contribution in [3.8, 4) is 5.75 Å². The van der Waals surface area contributed by atoms with Gasteiger partial charge in [0.2, 0.25) is 5.91 Å². The molecule has 3 rings (SSSR count). The number of aryl methyl sites for hydroxylation is 2. The number of hydrogen-bond donors (Lipinski definition) is 2. The Morgan fingerprint density at radius 3 is 2.88 bits per heavy atom. The van der Waals surface area contributed by atoms with Gasteiger partial charge >= 0.3 is 0 Å². The molecule has 2 N–H and O–H groups in total. The molecule has 0 radical (unpaired) electrons. The fourth-order valence-electron chi connectivity index (χ4n) is 2.76. The molecular weight excluding hydrogens is 384 g/mol. The first-order valence-electron chi connectivity index (χ1n) is 8.13. The van der Waals surface area contributed by atoms with E-state index >= 15 is 0 Å². The molecule has 0 aliphatic carbocycles. The van der Waals surface area contributed by atoms with Gasteiger partial charge in [0.1, 0.15) is 12.4 Å². The first-order valence-corrected chi connectivity index (χ1v) is 8.92. The highest BCUT2D eigenvalue weighted by molar-refractivity contribution is 9.10. The Bertz CT molecular complexity index is 820. The summed E-state index contributed by atoms with van der Waals surface area (Å²) in [6.45, 7) is 2.71. The molecule has 0 spiro atoms. The number of hydrogen-bond acceptors (Lipinski definition) is 3. The van der Waals surface area contributed by atoms with E-state index in [4.69, 9.17) is 4.74 Å². The normalized spacial score (nSPS) is 13.0. The molecule has 6 heteroatoms. The predicted octanol–water partition coefficient (Wildman–Crippen LogP) is 3.45. The number of fused-ring (bicyclic) bond motifs is 1. The molecule has 130 valence electrons. The molecule has 2 aromatic carbocycles. The highest BCUT2D eigenvalue weighted by Crippen LogP contribution is 2.26. The third kappa shape index (κ3) is 4.39. The minimum absolute atomic E-state index is 0.0483. The summed E-state index contributed by atoms with van der Waals surface area (Å²) in [6.07, 6.45) is 1.22. The molecule has 1 aliphatic rings. The smallest absolute Gasteiger partial charge is 0.251 e. The van der Waals surface area contributed by atoms with Crippen LogP contribution in [0.4, 0.5) is 5.69 Å². The fourth-order valence-corrected chi connectivity index (χ4v) is 3.24. The molecule has 0 fully saturated rings. The van der Waals surface area contributed by atoms with Gasteiger partial charge in [-0.15, -0.1) is 0 Å². The average Bonchev–Trinajstić information content (AvgIpc) is 2.58. The molecule has 1 aliphatic heterocycles. The second-order valence-corrected chi connectivity index (χ2v) is 6.85. The largest absolute Gasteiger partial charge is 0.492 e. The zero-order chi connectivity index (χ0) is 17.8. The molecule has 25 heavy (non-hydrogen) atoms. The van der Waals surface area contributed by atoms with Gasteiger partial charge in [-0.05, 0) is 60.9 Å². The Balaban J connectivity index is 1.50. The number of anilines is 1. The topological polar surface area (TPSA) is 67.4 Å². The highest BCUT2D eigenvalue weighted by Gasteiger charge is 2.15. The molecule has 0 atom stereocenters. The second kappa shape index (κ2) is 7.70. The second-order valence-electron chi connectivity index (χ2n) is 5.93. The van der Waals surface area contributed by atoms with Crippen molar-refractivity contribution in [2.75, 3.05) is 18.5 Å². The maximum absolute atomic E-state index is 12.2. The number of rotatable bonds is 5. The zero-order valence-electron chi connectivity index (χ0n) is 13.9. The summed E-state index contributed by atoms with van der Waals surface area (Å²) in [5.74, 6) is 0.679. The molecular formula is C19H19BrN2O3. The third-order valence-electron chi connectivity index (χ3n) is 4.06. The molecule has 1 heterocycles. The van der Waals surface area contributed by atoms with Crippen LogP contribution in [-0.4, -0.2) is 25.0 Å². The van der Waals surface area contributed by atoms with Crippen molar-refractivity contribution in [2.45, 2.75) is 19.8 Å². The standard InChI is InChI=1S/C19H19BrN2O3/c1-12-10-14(20)3-5-16(12)19(24)21-8-9-25-15-4-6-17-13(11-15)2-7-18(23)22-17/h3-6,10-11H,2,7-9H2,1H3,(H,21,24)(H,22,23). The van der Waals surface area contributed by atoms with Gasteiger partial charge < -0.3 is 15.4 Å². The number of ether oxygens (including phenoxy) is 1. The summed E-state index contributed by atoms with van der Waals surface area (Å²) in [5.41, 5.74) is 3.51. The fraction of sp³-hybridized carbons (Fsp3) is 0.263. The van der Waals surface area contributed by atoms with Gasteiger partial charge in [0.15, 0.2) is 0 Å². The summed E-state index contributed by atoms with van der Waals surface area (Å²) < 4.78 is 6.65. The lowest BCUT2D eigenvalue weighted by Gasteiger charge is -2.17. The van der Waals surface area contributed by atoms with E-state index in [2.05, 4.69) is 26.6 Å². The summed E-state index contributed by atoms with van der Waals surface area (Å²) >= 11 is 3.39. The number of carbonyl (C=O) groups excluding carboxylic acids is 2. The van der Waals surface area contributed by atoms with Gasteiger partial charge in [-0.3, -0.25) is 9.59 Å². The summed E-state index contributed by atoms with van der Waals surface area (Å²) in [6, 6.07) is 11.2. The summed E-state index contributed by atoms with van der Waals surface area (Å²) in [5, 5.41) is 5.70. The molecule has 2 aromatic rings. The van der Waals surface area contributed by atoms with Crippen molar-refractivity contribution in [1.82, 2.24) is 5.32 Å². The van der Waals surface area contributed by atoms with Gasteiger partial charge in [0.25, 0.3) is 5.91 Å². The lowest BCUT2D eigenvalue weighted by Crippen LogP contribution is -2.28. The molecule has 0 saturated heterocycles.